The predicted molar refractivity (Wildman–Crippen MR) is 160 cm³/mol. The van der Waals surface area contributed by atoms with Crippen LogP contribution in [0.1, 0.15) is 63.9 Å². The van der Waals surface area contributed by atoms with Gasteiger partial charge in [0.15, 0.2) is 5.16 Å². The van der Waals surface area contributed by atoms with Gasteiger partial charge in [-0.25, -0.2) is 4.68 Å². The molecule has 0 atom stereocenters. The second-order valence-corrected chi connectivity index (χ2v) is 11.2. The van der Waals surface area contributed by atoms with Gasteiger partial charge in [-0.3, -0.25) is 9.59 Å². The lowest BCUT2D eigenvalue weighted by molar-refractivity contribution is -0.116. The summed E-state index contributed by atoms with van der Waals surface area (Å²) in [5.74, 6) is 2.63. The summed E-state index contributed by atoms with van der Waals surface area (Å²) in [6.45, 7) is 3.98. The van der Waals surface area contributed by atoms with E-state index in [1.165, 1.54) is 4.68 Å². The molecule has 2 aromatic carbocycles. The minimum Gasteiger partial charge on any atom is -0.491 e. The molecule has 2 heterocycles. The third kappa shape index (κ3) is 7.94. The smallest absolute Gasteiger partial charge is 0.274 e. The third-order valence-electron chi connectivity index (χ3n) is 6.57. The van der Waals surface area contributed by atoms with Gasteiger partial charge in [0, 0.05) is 37.3 Å². The zero-order chi connectivity index (χ0) is 28.5. The second kappa shape index (κ2) is 14.1. The van der Waals surface area contributed by atoms with Crippen LogP contribution in [0.5, 0.6) is 5.75 Å². The number of aromatic nitrogens is 5. The lowest BCUT2D eigenvalue weighted by Crippen LogP contribution is -2.21. The number of benzene rings is 2. The Bertz CT molecular complexity index is 1480. The van der Waals surface area contributed by atoms with Crippen molar-refractivity contribution >= 4 is 34.1 Å². The Morgan fingerprint density at radius 3 is 2.40 bits per heavy atom. The summed E-state index contributed by atoms with van der Waals surface area (Å²) < 4.78 is 9.03. The van der Waals surface area contributed by atoms with Gasteiger partial charge in [0.2, 0.25) is 5.91 Å². The van der Waals surface area contributed by atoms with Crippen molar-refractivity contribution in [3.05, 3.63) is 70.4 Å². The van der Waals surface area contributed by atoms with Crippen molar-refractivity contribution in [3.8, 4) is 5.75 Å². The van der Waals surface area contributed by atoms with Gasteiger partial charge in [-0.05, 0) is 57.0 Å². The highest BCUT2D eigenvalue weighted by atomic mass is 32.2. The van der Waals surface area contributed by atoms with Crippen LogP contribution in [0, 0.1) is 0 Å². The molecule has 0 aliphatic carbocycles. The molecule has 0 fully saturated rings. The van der Waals surface area contributed by atoms with Crippen LogP contribution in [0.3, 0.4) is 0 Å². The number of amides is 1. The summed E-state index contributed by atoms with van der Waals surface area (Å²) in [4.78, 5) is 24.6. The Labute approximate surface area is 239 Å². The van der Waals surface area contributed by atoms with Gasteiger partial charge in [0.25, 0.3) is 5.56 Å². The molecule has 40 heavy (non-hydrogen) atoms. The van der Waals surface area contributed by atoms with Crippen LogP contribution in [-0.4, -0.2) is 42.3 Å². The number of carbonyl (C=O) groups excluding carboxylic acids is 1. The van der Waals surface area contributed by atoms with Gasteiger partial charge in [-0.1, -0.05) is 49.2 Å². The first-order valence-corrected chi connectivity index (χ1v) is 14.8. The van der Waals surface area contributed by atoms with E-state index >= 15 is 0 Å². The highest BCUT2D eigenvalue weighted by molar-refractivity contribution is 7.99. The lowest BCUT2D eigenvalue weighted by atomic mass is 10.1. The summed E-state index contributed by atoms with van der Waals surface area (Å²) in [5.41, 5.74) is 1.51. The molecular weight excluding hydrogens is 524 g/mol. The van der Waals surface area contributed by atoms with Crippen LogP contribution in [0.15, 0.2) is 58.5 Å². The summed E-state index contributed by atoms with van der Waals surface area (Å²) in [6.07, 6.45) is 6.38. The van der Waals surface area contributed by atoms with Crippen LogP contribution in [0.4, 0.5) is 5.69 Å². The van der Waals surface area contributed by atoms with Crippen LogP contribution in [0.2, 0.25) is 0 Å². The molecule has 4 rings (SSSR count). The van der Waals surface area contributed by atoms with E-state index in [9.17, 15) is 9.59 Å². The maximum Gasteiger partial charge on any atom is 0.274 e. The Balaban J connectivity index is 1.14. The molecule has 1 N–H and O–H groups in total. The maximum atomic E-state index is 12.4. The summed E-state index contributed by atoms with van der Waals surface area (Å²) in [7, 11) is 3.65. The van der Waals surface area contributed by atoms with Crippen LogP contribution < -0.4 is 15.6 Å². The van der Waals surface area contributed by atoms with Crippen LogP contribution in [-0.2, 0) is 25.3 Å². The molecule has 9 nitrogen and oxygen atoms in total. The minimum atomic E-state index is -0.101. The third-order valence-corrected chi connectivity index (χ3v) is 7.68. The lowest BCUT2D eigenvalue weighted by Gasteiger charge is -2.10. The number of carbonyl (C=O) groups is 1. The van der Waals surface area contributed by atoms with Crippen molar-refractivity contribution in [1.29, 1.82) is 0 Å². The largest absolute Gasteiger partial charge is 0.491 e. The number of aryl methyl sites for hydroxylation is 1. The molecular formula is C30H38N6O3S. The highest BCUT2D eigenvalue weighted by Gasteiger charge is 2.14. The Kier molecular flexibility index (Phi) is 10.3. The summed E-state index contributed by atoms with van der Waals surface area (Å²) in [5, 5.41) is 18.6. The SMILES string of the molecule is CC(C)Oc1ccc(NC(=O)CCCCCCCSc2nnc(Cc3nn(C)c(=O)c4ccccc34)n2C)cc1. The number of thioether (sulfide) groups is 1. The van der Waals surface area contributed by atoms with Crippen molar-refractivity contribution < 1.29 is 9.53 Å². The molecule has 2 aromatic heterocycles. The number of hydrogen-bond donors (Lipinski definition) is 1. The molecule has 0 aliphatic heterocycles. The fraction of sp³-hybridized carbons (Fsp3) is 0.433. The monoisotopic (exact) mass is 562 g/mol. The predicted octanol–water partition coefficient (Wildman–Crippen LogP) is 5.51. The van der Waals surface area contributed by atoms with E-state index < -0.39 is 0 Å². The molecule has 0 bridgehead atoms. The topological polar surface area (TPSA) is 104 Å². The van der Waals surface area contributed by atoms with Crippen molar-refractivity contribution in [3.63, 3.8) is 0 Å². The van der Waals surface area contributed by atoms with E-state index in [-0.39, 0.29) is 17.6 Å². The van der Waals surface area contributed by atoms with E-state index in [1.54, 1.807) is 18.8 Å². The van der Waals surface area contributed by atoms with Crippen molar-refractivity contribution in [2.45, 2.75) is 70.1 Å². The normalized spacial score (nSPS) is 11.3. The van der Waals surface area contributed by atoms with E-state index in [2.05, 4.69) is 20.6 Å². The standard InChI is InChI=1S/C30H38N6O3S/c1-21(2)39-23-17-15-22(16-18-23)31-28(37)14-8-6-5-7-11-19-40-30-33-32-27(35(30)3)20-26-24-12-9-10-13-25(24)29(38)36(4)34-26/h9-10,12-13,15-18,21H,5-8,11,14,19-20H2,1-4H3,(H,31,37). The van der Waals surface area contributed by atoms with Crippen molar-refractivity contribution in [1.82, 2.24) is 24.5 Å². The number of ether oxygens (including phenoxy) is 1. The average molecular weight is 563 g/mol. The fourth-order valence-electron chi connectivity index (χ4n) is 4.47. The second-order valence-electron chi connectivity index (χ2n) is 10.2. The summed E-state index contributed by atoms with van der Waals surface area (Å²) in [6, 6.07) is 15.0. The molecule has 4 aromatic rings. The van der Waals surface area contributed by atoms with Gasteiger partial charge in [0.05, 0.1) is 23.6 Å². The average Bonchev–Trinajstić information content (AvgIpc) is 3.28. The molecule has 0 saturated carbocycles. The summed E-state index contributed by atoms with van der Waals surface area (Å²) >= 11 is 1.70. The maximum absolute atomic E-state index is 12.4. The molecule has 212 valence electrons. The molecule has 0 spiro atoms. The van der Waals surface area contributed by atoms with Gasteiger partial charge >= 0.3 is 0 Å². The van der Waals surface area contributed by atoms with E-state index in [0.29, 0.717) is 18.2 Å². The molecule has 10 heteroatoms. The van der Waals surface area contributed by atoms with Gasteiger partial charge < -0.3 is 14.6 Å². The van der Waals surface area contributed by atoms with Gasteiger partial charge in [0.1, 0.15) is 11.6 Å². The number of fused-ring (bicyclic) bond motifs is 1. The first-order chi connectivity index (χ1) is 19.3. The van der Waals surface area contributed by atoms with E-state index in [1.807, 2.05) is 74.0 Å². The Morgan fingerprint density at radius 1 is 0.950 bits per heavy atom. The van der Waals surface area contributed by atoms with Crippen molar-refractivity contribution in [2.24, 2.45) is 14.1 Å². The number of rotatable bonds is 14. The number of anilines is 1. The Morgan fingerprint density at radius 2 is 1.65 bits per heavy atom. The molecule has 0 aliphatic rings. The molecule has 0 saturated heterocycles. The number of nitrogens with one attached hydrogen (secondary N) is 1. The minimum absolute atomic E-state index is 0.0482. The van der Waals surface area contributed by atoms with Crippen molar-refractivity contribution in [2.75, 3.05) is 11.1 Å². The van der Waals surface area contributed by atoms with E-state index in [0.717, 1.165) is 71.4 Å². The Hall–Kier alpha value is -3.66. The molecule has 0 unspecified atom stereocenters. The highest BCUT2D eigenvalue weighted by Crippen LogP contribution is 2.22. The van der Waals surface area contributed by atoms with Crippen LogP contribution >= 0.6 is 11.8 Å². The van der Waals surface area contributed by atoms with Crippen LogP contribution in [0.25, 0.3) is 10.8 Å². The zero-order valence-corrected chi connectivity index (χ0v) is 24.5. The van der Waals surface area contributed by atoms with Gasteiger partial charge in [-0.15, -0.1) is 10.2 Å². The van der Waals surface area contributed by atoms with Gasteiger partial charge in [-0.2, -0.15) is 5.10 Å². The molecule has 0 radical (unpaired) electrons. The fourth-order valence-corrected chi connectivity index (χ4v) is 5.40. The first-order valence-electron chi connectivity index (χ1n) is 13.8. The van der Waals surface area contributed by atoms with E-state index in [4.69, 9.17) is 4.74 Å². The quantitative estimate of drug-likeness (QED) is 0.160. The molecule has 1 amide bonds. The number of unbranched alkanes of at least 4 members (excludes halogenated alkanes) is 4. The first kappa shape index (κ1) is 29.3. The number of hydrogen-bond acceptors (Lipinski definition) is 7. The zero-order valence-electron chi connectivity index (χ0n) is 23.7. The number of nitrogens with zero attached hydrogens (tertiary/aromatic N) is 5.